The Hall–Kier alpha value is 0.1000. The first kappa shape index (κ1) is 13.2. The number of hydrogen-bond acceptors (Lipinski definition) is 2. The quantitative estimate of drug-likeness (QED) is 0.841. The normalized spacial score (nSPS) is 11.8. The lowest BCUT2D eigenvalue weighted by molar-refractivity contribution is -0.0757. The molecule has 0 aliphatic heterocycles. The highest BCUT2D eigenvalue weighted by Crippen LogP contribution is 2.23. The fourth-order valence-electron chi connectivity index (χ4n) is 0.986. The summed E-state index contributed by atoms with van der Waals surface area (Å²) in [5, 5.41) is 0. The molecule has 0 fully saturated rings. The topological polar surface area (TPSA) is 21.3 Å². The van der Waals surface area contributed by atoms with Gasteiger partial charge in [-0.2, -0.15) is 5.48 Å². The molecule has 0 heterocycles. The van der Waals surface area contributed by atoms with E-state index in [-0.39, 0.29) is 5.60 Å². The van der Waals surface area contributed by atoms with E-state index in [4.69, 9.17) is 4.84 Å². The van der Waals surface area contributed by atoms with Crippen molar-refractivity contribution in [2.75, 3.05) is 0 Å². The third kappa shape index (κ3) is 5.11. The second kappa shape index (κ2) is 5.43. The van der Waals surface area contributed by atoms with Gasteiger partial charge in [0.15, 0.2) is 0 Å². The Morgan fingerprint density at radius 3 is 2.40 bits per heavy atom. The van der Waals surface area contributed by atoms with Gasteiger partial charge in [0.05, 0.1) is 5.60 Å². The Kier molecular flexibility index (Phi) is 4.77. The van der Waals surface area contributed by atoms with E-state index in [1.165, 1.54) is 5.56 Å². The zero-order chi connectivity index (χ0) is 11.5. The van der Waals surface area contributed by atoms with Crippen LogP contribution in [0, 0.1) is 0 Å². The van der Waals surface area contributed by atoms with E-state index >= 15 is 0 Å². The van der Waals surface area contributed by atoms with Gasteiger partial charge in [0.25, 0.3) is 0 Å². The Bertz CT molecular complexity index is 334. The minimum absolute atomic E-state index is 0.160. The van der Waals surface area contributed by atoms with E-state index in [0.29, 0.717) is 6.54 Å². The predicted octanol–water partition coefficient (Wildman–Crippen LogP) is 4.03. The van der Waals surface area contributed by atoms with Crippen molar-refractivity contribution < 1.29 is 4.84 Å². The summed E-state index contributed by atoms with van der Waals surface area (Å²) in [6.45, 7) is 6.73. The van der Waals surface area contributed by atoms with Crippen LogP contribution >= 0.6 is 31.9 Å². The van der Waals surface area contributed by atoms with Gasteiger partial charge in [0, 0.05) is 15.5 Å². The minimum Gasteiger partial charge on any atom is -0.296 e. The summed E-state index contributed by atoms with van der Waals surface area (Å²) in [5.74, 6) is 0. The molecule has 0 aromatic heterocycles. The third-order valence-electron chi connectivity index (χ3n) is 1.64. The molecule has 4 heteroatoms. The summed E-state index contributed by atoms with van der Waals surface area (Å²) in [5.41, 5.74) is 3.97. The van der Waals surface area contributed by atoms with Crippen LogP contribution in [0.3, 0.4) is 0 Å². The Morgan fingerprint density at radius 2 is 1.87 bits per heavy atom. The van der Waals surface area contributed by atoms with Gasteiger partial charge < -0.3 is 0 Å². The maximum Gasteiger partial charge on any atom is 0.0813 e. The summed E-state index contributed by atoms with van der Waals surface area (Å²) >= 11 is 6.89. The molecule has 0 saturated heterocycles. The van der Waals surface area contributed by atoms with Crippen LogP contribution in [0.5, 0.6) is 0 Å². The molecule has 0 radical (unpaired) electrons. The highest BCUT2D eigenvalue weighted by atomic mass is 79.9. The van der Waals surface area contributed by atoms with Crippen molar-refractivity contribution in [1.82, 2.24) is 5.48 Å². The van der Waals surface area contributed by atoms with Crippen LogP contribution < -0.4 is 5.48 Å². The van der Waals surface area contributed by atoms with Gasteiger partial charge in [-0.3, -0.25) is 4.84 Å². The van der Waals surface area contributed by atoms with Gasteiger partial charge in [-0.1, -0.05) is 6.07 Å². The summed E-state index contributed by atoms with van der Waals surface area (Å²) in [7, 11) is 0. The fourth-order valence-corrected chi connectivity index (χ4v) is 1.66. The van der Waals surface area contributed by atoms with Crippen molar-refractivity contribution in [2.24, 2.45) is 0 Å². The van der Waals surface area contributed by atoms with Gasteiger partial charge in [0.2, 0.25) is 0 Å². The zero-order valence-electron chi connectivity index (χ0n) is 9.10. The van der Waals surface area contributed by atoms with E-state index in [2.05, 4.69) is 43.4 Å². The van der Waals surface area contributed by atoms with E-state index in [0.717, 1.165) is 8.95 Å². The van der Waals surface area contributed by atoms with E-state index < -0.39 is 0 Å². The first-order valence-corrected chi connectivity index (χ1v) is 6.32. The van der Waals surface area contributed by atoms with Crippen LogP contribution in [0.1, 0.15) is 26.3 Å². The van der Waals surface area contributed by atoms with Crippen LogP contribution in [-0.4, -0.2) is 5.60 Å². The number of halogens is 2. The first-order chi connectivity index (χ1) is 6.88. The molecule has 1 aromatic rings. The molecule has 2 nitrogen and oxygen atoms in total. The maximum absolute atomic E-state index is 5.43. The highest BCUT2D eigenvalue weighted by molar-refractivity contribution is 9.13. The molecule has 1 N–H and O–H groups in total. The average Bonchev–Trinajstić information content (AvgIpc) is 2.09. The molecular weight excluding hydrogens is 322 g/mol. The third-order valence-corrected chi connectivity index (χ3v) is 3.52. The summed E-state index contributed by atoms with van der Waals surface area (Å²) in [6, 6.07) is 6.12. The summed E-state index contributed by atoms with van der Waals surface area (Å²) in [4.78, 5) is 5.43. The predicted molar refractivity (Wildman–Crippen MR) is 69.5 cm³/mol. The monoisotopic (exact) mass is 335 g/mol. The van der Waals surface area contributed by atoms with Crippen molar-refractivity contribution >= 4 is 31.9 Å². The van der Waals surface area contributed by atoms with E-state index in [1.54, 1.807) is 0 Å². The van der Waals surface area contributed by atoms with Crippen molar-refractivity contribution in [3.63, 3.8) is 0 Å². The van der Waals surface area contributed by atoms with E-state index in [1.807, 2.05) is 32.9 Å². The second-order valence-corrected chi connectivity index (χ2v) is 5.99. The van der Waals surface area contributed by atoms with Gasteiger partial charge in [0.1, 0.15) is 0 Å². The SMILES string of the molecule is CC(C)(C)ONCc1ccc(Br)c(Br)c1. The lowest BCUT2D eigenvalue weighted by atomic mass is 10.2. The number of nitrogens with one attached hydrogen (secondary N) is 1. The Labute approximate surface area is 108 Å². The standard InChI is InChI=1S/C11H15Br2NO/c1-11(2,3)15-14-7-8-4-5-9(12)10(13)6-8/h4-6,14H,7H2,1-3H3. The lowest BCUT2D eigenvalue weighted by Crippen LogP contribution is -2.28. The molecule has 15 heavy (non-hydrogen) atoms. The summed E-state index contributed by atoms with van der Waals surface area (Å²) < 4.78 is 2.11. The van der Waals surface area contributed by atoms with Crippen LogP contribution in [0.4, 0.5) is 0 Å². The van der Waals surface area contributed by atoms with Gasteiger partial charge in [-0.25, -0.2) is 0 Å². The van der Waals surface area contributed by atoms with Crippen LogP contribution in [-0.2, 0) is 11.4 Å². The molecule has 0 spiro atoms. The number of rotatable bonds is 3. The molecule has 1 aromatic carbocycles. The molecular formula is C11H15Br2NO. The first-order valence-electron chi connectivity index (χ1n) is 4.73. The Morgan fingerprint density at radius 1 is 1.20 bits per heavy atom. The second-order valence-electron chi connectivity index (χ2n) is 4.28. The maximum atomic E-state index is 5.43. The highest BCUT2D eigenvalue weighted by Gasteiger charge is 2.09. The van der Waals surface area contributed by atoms with Gasteiger partial charge in [-0.15, -0.1) is 0 Å². The molecule has 0 saturated carbocycles. The van der Waals surface area contributed by atoms with Crippen molar-refractivity contribution in [2.45, 2.75) is 32.9 Å². The molecule has 0 atom stereocenters. The molecule has 0 unspecified atom stereocenters. The zero-order valence-corrected chi connectivity index (χ0v) is 12.3. The molecule has 1 rings (SSSR count). The van der Waals surface area contributed by atoms with Gasteiger partial charge >= 0.3 is 0 Å². The van der Waals surface area contributed by atoms with Crippen LogP contribution in [0.25, 0.3) is 0 Å². The number of hydroxylamine groups is 1. The molecule has 0 aliphatic carbocycles. The average molecular weight is 337 g/mol. The molecule has 0 aliphatic rings. The van der Waals surface area contributed by atoms with E-state index in [9.17, 15) is 0 Å². The molecule has 0 amide bonds. The molecule has 84 valence electrons. The Balaban J connectivity index is 2.48. The molecule has 0 bridgehead atoms. The number of benzene rings is 1. The lowest BCUT2D eigenvalue weighted by Gasteiger charge is -2.19. The minimum atomic E-state index is -0.160. The van der Waals surface area contributed by atoms with Crippen molar-refractivity contribution in [3.05, 3.63) is 32.7 Å². The smallest absolute Gasteiger partial charge is 0.0813 e. The van der Waals surface area contributed by atoms with Crippen molar-refractivity contribution in [1.29, 1.82) is 0 Å². The summed E-state index contributed by atoms with van der Waals surface area (Å²) in [6.07, 6.45) is 0. The van der Waals surface area contributed by atoms with Crippen LogP contribution in [0.15, 0.2) is 27.1 Å². The fraction of sp³-hybridized carbons (Fsp3) is 0.455. The van der Waals surface area contributed by atoms with Gasteiger partial charge in [-0.05, 0) is 70.3 Å². The number of hydrogen-bond donors (Lipinski definition) is 1. The van der Waals surface area contributed by atoms with Crippen LogP contribution in [0.2, 0.25) is 0 Å². The largest absolute Gasteiger partial charge is 0.296 e. The van der Waals surface area contributed by atoms with Crippen molar-refractivity contribution in [3.8, 4) is 0 Å².